The molecule has 4 aromatic rings. The van der Waals surface area contributed by atoms with Gasteiger partial charge in [0.15, 0.2) is 0 Å². The second-order valence-electron chi connectivity index (χ2n) is 7.52. The van der Waals surface area contributed by atoms with Gasteiger partial charge < -0.3 is 18.8 Å². The number of hydrogen-bond donors (Lipinski definition) is 0. The predicted octanol–water partition coefficient (Wildman–Crippen LogP) is 3.82. The fourth-order valence-corrected chi connectivity index (χ4v) is 4.59. The van der Waals surface area contributed by atoms with Crippen molar-refractivity contribution in [3.63, 3.8) is 0 Å². The van der Waals surface area contributed by atoms with E-state index in [0.717, 1.165) is 57.8 Å². The lowest BCUT2D eigenvalue weighted by Crippen LogP contribution is -2.36. The maximum Gasteiger partial charge on any atom is 0.252 e. The third-order valence-corrected chi connectivity index (χ3v) is 6.04. The van der Waals surface area contributed by atoms with Crippen molar-refractivity contribution >= 4 is 39.3 Å². The molecule has 4 heterocycles. The molecule has 1 fully saturated rings. The molecule has 0 N–H and O–H groups in total. The van der Waals surface area contributed by atoms with E-state index >= 15 is 0 Å². The minimum absolute atomic E-state index is 0.149. The number of rotatable bonds is 4. The summed E-state index contributed by atoms with van der Waals surface area (Å²) in [5, 5.41) is 1.02. The van der Waals surface area contributed by atoms with Gasteiger partial charge in [0, 0.05) is 40.5 Å². The fraction of sp³-hybridized carbons (Fsp3) is 0.217. The summed E-state index contributed by atoms with van der Waals surface area (Å²) in [7, 11) is 0. The van der Waals surface area contributed by atoms with Crippen molar-refractivity contribution in [3.05, 3.63) is 86.4 Å². The van der Waals surface area contributed by atoms with Gasteiger partial charge in [-0.05, 0) is 64.6 Å². The van der Waals surface area contributed by atoms with Gasteiger partial charge in [-0.25, -0.2) is 9.37 Å². The Hall–Kier alpha value is -2.72. The van der Waals surface area contributed by atoms with Crippen LogP contribution in [0, 0.1) is 9.39 Å². The summed E-state index contributed by atoms with van der Waals surface area (Å²) < 4.78 is 23.4. The summed E-state index contributed by atoms with van der Waals surface area (Å²) in [6.45, 7) is 3.49. The third kappa shape index (κ3) is 4.22. The Morgan fingerprint density at radius 1 is 1.03 bits per heavy atom. The molecule has 158 valence electrons. The Labute approximate surface area is 192 Å². The molecule has 1 aromatic carbocycles. The van der Waals surface area contributed by atoms with Gasteiger partial charge in [-0.2, -0.15) is 0 Å². The summed E-state index contributed by atoms with van der Waals surface area (Å²) in [4.78, 5) is 19.6. The standard InChI is InChI=1S/C23H20FIN4O2/c24-18-9-16(10-19(25)12-18)15-28-3-2-20(13-22(28)30)29-4-1-17-11-21(14-26-23(17)29)27-5-7-31-8-6-27/h1-4,9-14H,5-8,15H2. The third-order valence-electron chi connectivity index (χ3n) is 5.42. The van der Waals surface area contributed by atoms with E-state index in [-0.39, 0.29) is 11.4 Å². The smallest absolute Gasteiger partial charge is 0.252 e. The molecule has 1 saturated heterocycles. The molecule has 8 heteroatoms. The summed E-state index contributed by atoms with van der Waals surface area (Å²) in [6, 6.07) is 12.4. The van der Waals surface area contributed by atoms with E-state index in [2.05, 4.69) is 38.5 Å². The number of aromatic nitrogens is 3. The Kier molecular flexibility index (Phi) is 5.49. The average molecular weight is 530 g/mol. The Balaban J connectivity index is 1.43. The highest BCUT2D eigenvalue weighted by Crippen LogP contribution is 2.24. The zero-order valence-corrected chi connectivity index (χ0v) is 18.8. The number of hydrogen-bond acceptors (Lipinski definition) is 4. The lowest BCUT2D eigenvalue weighted by atomic mass is 10.2. The number of benzene rings is 1. The highest BCUT2D eigenvalue weighted by Gasteiger charge is 2.14. The molecule has 31 heavy (non-hydrogen) atoms. The number of morpholine rings is 1. The van der Waals surface area contributed by atoms with Crippen LogP contribution in [0.2, 0.25) is 0 Å². The molecular weight excluding hydrogens is 510 g/mol. The normalized spacial score (nSPS) is 14.3. The highest BCUT2D eigenvalue weighted by molar-refractivity contribution is 14.1. The Morgan fingerprint density at radius 3 is 2.65 bits per heavy atom. The molecule has 0 saturated carbocycles. The van der Waals surface area contributed by atoms with Crippen LogP contribution in [0.1, 0.15) is 5.56 Å². The van der Waals surface area contributed by atoms with Crippen molar-refractivity contribution in [1.29, 1.82) is 0 Å². The number of ether oxygens (including phenoxy) is 1. The first-order valence-corrected chi connectivity index (χ1v) is 11.1. The van der Waals surface area contributed by atoms with E-state index in [4.69, 9.17) is 4.74 Å². The van der Waals surface area contributed by atoms with Gasteiger partial charge in [-0.3, -0.25) is 4.79 Å². The van der Waals surface area contributed by atoms with Gasteiger partial charge in [0.2, 0.25) is 0 Å². The van der Waals surface area contributed by atoms with Gasteiger partial charge >= 0.3 is 0 Å². The Bertz CT molecular complexity index is 1290. The second kappa shape index (κ2) is 8.43. The fourth-order valence-electron chi connectivity index (χ4n) is 3.89. The van der Waals surface area contributed by atoms with Crippen molar-refractivity contribution in [1.82, 2.24) is 14.1 Å². The van der Waals surface area contributed by atoms with E-state index in [9.17, 15) is 9.18 Å². The minimum Gasteiger partial charge on any atom is -0.378 e. The second-order valence-corrected chi connectivity index (χ2v) is 8.77. The first kappa shape index (κ1) is 20.2. The molecule has 0 bridgehead atoms. The topological polar surface area (TPSA) is 52.3 Å². The first-order chi connectivity index (χ1) is 15.1. The van der Waals surface area contributed by atoms with Crippen LogP contribution in [0.4, 0.5) is 10.1 Å². The van der Waals surface area contributed by atoms with E-state index < -0.39 is 0 Å². The monoisotopic (exact) mass is 530 g/mol. The minimum atomic E-state index is -0.298. The number of nitrogens with zero attached hydrogens (tertiary/aromatic N) is 4. The quantitative estimate of drug-likeness (QED) is 0.377. The van der Waals surface area contributed by atoms with Crippen LogP contribution in [0.25, 0.3) is 16.7 Å². The van der Waals surface area contributed by atoms with Crippen LogP contribution in [-0.4, -0.2) is 40.4 Å². The largest absolute Gasteiger partial charge is 0.378 e. The first-order valence-electron chi connectivity index (χ1n) is 10.0. The summed E-state index contributed by atoms with van der Waals surface area (Å²) in [5.41, 5.74) is 3.23. The van der Waals surface area contributed by atoms with Gasteiger partial charge in [0.1, 0.15) is 11.5 Å². The van der Waals surface area contributed by atoms with Crippen LogP contribution >= 0.6 is 22.6 Å². The summed E-state index contributed by atoms with van der Waals surface area (Å²) >= 11 is 2.07. The Morgan fingerprint density at radius 2 is 1.87 bits per heavy atom. The van der Waals surface area contributed by atoms with E-state index in [0.29, 0.717) is 6.54 Å². The summed E-state index contributed by atoms with van der Waals surface area (Å²) in [5.74, 6) is -0.298. The predicted molar refractivity (Wildman–Crippen MR) is 127 cm³/mol. The molecule has 1 aliphatic heterocycles. The van der Waals surface area contributed by atoms with Crippen LogP contribution in [0.15, 0.2) is 65.8 Å². The molecule has 0 radical (unpaired) electrons. The molecule has 0 aliphatic carbocycles. The maximum atomic E-state index is 13.7. The van der Waals surface area contributed by atoms with Crippen LogP contribution in [-0.2, 0) is 11.3 Å². The number of anilines is 1. The van der Waals surface area contributed by atoms with E-state index in [1.807, 2.05) is 35.2 Å². The van der Waals surface area contributed by atoms with Crippen molar-refractivity contribution in [2.75, 3.05) is 31.2 Å². The molecule has 0 atom stereocenters. The van der Waals surface area contributed by atoms with Crippen molar-refractivity contribution in [2.45, 2.75) is 6.54 Å². The SMILES string of the molecule is O=c1cc(-n2ccc3cc(N4CCOCC4)cnc32)ccn1Cc1cc(F)cc(I)c1. The molecule has 0 amide bonds. The highest BCUT2D eigenvalue weighted by atomic mass is 127. The molecule has 6 nitrogen and oxygen atoms in total. The number of fused-ring (bicyclic) bond motifs is 1. The van der Waals surface area contributed by atoms with Crippen LogP contribution in [0.5, 0.6) is 0 Å². The van der Waals surface area contributed by atoms with E-state index in [1.165, 1.54) is 12.1 Å². The van der Waals surface area contributed by atoms with Crippen LogP contribution in [0.3, 0.4) is 0 Å². The van der Waals surface area contributed by atoms with Crippen molar-refractivity contribution in [3.8, 4) is 5.69 Å². The molecule has 5 rings (SSSR count). The van der Waals surface area contributed by atoms with E-state index in [1.54, 1.807) is 16.8 Å². The van der Waals surface area contributed by atoms with Gasteiger partial charge in [0.25, 0.3) is 5.56 Å². The molecule has 1 aliphatic rings. The zero-order valence-electron chi connectivity index (χ0n) is 16.7. The van der Waals surface area contributed by atoms with Crippen molar-refractivity contribution in [2.24, 2.45) is 0 Å². The molecular formula is C23H20FIN4O2. The lowest BCUT2D eigenvalue weighted by Gasteiger charge is -2.28. The van der Waals surface area contributed by atoms with Crippen LogP contribution < -0.4 is 10.5 Å². The molecule has 0 spiro atoms. The lowest BCUT2D eigenvalue weighted by molar-refractivity contribution is 0.122. The van der Waals surface area contributed by atoms with Crippen molar-refractivity contribution < 1.29 is 9.13 Å². The number of pyridine rings is 2. The van der Waals surface area contributed by atoms with Gasteiger partial charge in [0.05, 0.1) is 37.3 Å². The maximum absolute atomic E-state index is 13.7. The summed E-state index contributed by atoms with van der Waals surface area (Å²) in [6.07, 6.45) is 5.54. The van der Waals surface area contributed by atoms with Gasteiger partial charge in [-0.1, -0.05) is 0 Å². The molecule has 3 aromatic heterocycles. The average Bonchev–Trinajstić information content (AvgIpc) is 3.18. The molecule has 0 unspecified atom stereocenters. The van der Waals surface area contributed by atoms with Gasteiger partial charge in [-0.15, -0.1) is 0 Å². The number of halogens is 2. The zero-order chi connectivity index (χ0) is 21.4.